The van der Waals surface area contributed by atoms with Crippen LogP contribution in [0.1, 0.15) is 16.8 Å². The van der Waals surface area contributed by atoms with E-state index >= 15 is 0 Å². The van der Waals surface area contributed by atoms with Gasteiger partial charge in [-0.05, 0) is 35.9 Å². The molecule has 0 atom stereocenters. The van der Waals surface area contributed by atoms with Gasteiger partial charge in [0.05, 0.1) is 5.69 Å². The molecule has 2 aromatic heterocycles. The van der Waals surface area contributed by atoms with Gasteiger partial charge in [0.15, 0.2) is 0 Å². The minimum atomic E-state index is -5.08. The van der Waals surface area contributed by atoms with Crippen molar-refractivity contribution in [2.24, 2.45) is 0 Å². The first-order valence-corrected chi connectivity index (χ1v) is 12.2. The molecule has 9 nitrogen and oxygen atoms in total. The molecule has 0 amide bonds. The third kappa shape index (κ3) is 10.1. The molecule has 0 radical (unpaired) electrons. The molecule has 16 heteroatoms. The second-order valence-corrected chi connectivity index (χ2v) is 9.21. The number of halogens is 6. The SMILES string of the molecule is CN1CCN(c2ncnc3c2CCN(Cc2ccsc2)CC3)CC1.O=C(O)C(F)(F)F.O=C(O)C(F)(F)F. The van der Waals surface area contributed by atoms with Gasteiger partial charge in [-0.2, -0.15) is 37.7 Å². The number of anilines is 1. The first kappa shape index (κ1) is 31.2. The van der Waals surface area contributed by atoms with Crippen molar-refractivity contribution in [3.05, 3.63) is 40.0 Å². The molecule has 0 unspecified atom stereocenters. The Morgan fingerprint density at radius 1 is 0.921 bits per heavy atom. The third-order valence-electron chi connectivity index (χ3n) is 5.63. The molecular weight excluding hydrogens is 544 g/mol. The van der Waals surface area contributed by atoms with Gasteiger partial charge in [-0.1, -0.05) is 0 Å². The summed E-state index contributed by atoms with van der Waals surface area (Å²) in [5.74, 6) is -4.33. The van der Waals surface area contributed by atoms with Crippen molar-refractivity contribution in [3.63, 3.8) is 0 Å². The van der Waals surface area contributed by atoms with Gasteiger partial charge in [-0.25, -0.2) is 19.6 Å². The fraction of sp³-hybridized carbons (Fsp3) is 0.545. The van der Waals surface area contributed by atoms with Crippen molar-refractivity contribution in [1.82, 2.24) is 19.8 Å². The number of alkyl halides is 6. The van der Waals surface area contributed by atoms with Crippen LogP contribution in [-0.4, -0.2) is 101 Å². The predicted octanol–water partition coefficient (Wildman–Crippen LogP) is 3.16. The molecular formula is C22H27F6N5O4S. The smallest absolute Gasteiger partial charge is 0.475 e. The van der Waals surface area contributed by atoms with Crippen LogP contribution in [0.4, 0.5) is 32.2 Å². The Hall–Kier alpha value is -2.98. The van der Waals surface area contributed by atoms with Gasteiger partial charge in [-0.15, -0.1) is 0 Å². The van der Waals surface area contributed by atoms with Gasteiger partial charge in [0, 0.05) is 57.8 Å². The molecule has 38 heavy (non-hydrogen) atoms. The fourth-order valence-corrected chi connectivity index (χ4v) is 4.30. The molecule has 0 aromatic carbocycles. The number of aromatic nitrogens is 2. The maximum Gasteiger partial charge on any atom is 0.490 e. The van der Waals surface area contributed by atoms with Gasteiger partial charge in [0.2, 0.25) is 0 Å². The number of piperazine rings is 1. The van der Waals surface area contributed by atoms with E-state index in [1.165, 1.54) is 22.6 Å². The van der Waals surface area contributed by atoms with Gasteiger partial charge in [0.1, 0.15) is 12.1 Å². The lowest BCUT2D eigenvalue weighted by Crippen LogP contribution is -2.45. The number of carboxylic acids is 2. The Morgan fingerprint density at radius 2 is 1.47 bits per heavy atom. The minimum absolute atomic E-state index is 1.03. The molecule has 2 N–H and O–H groups in total. The van der Waals surface area contributed by atoms with Crippen molar-refractivity contribution in [2.45, 2.75) is 31.7 Å². The highest BCUT2D eigenvalue weighted by Crippen LogP contribution is 2.25. The van der Waals surface area contributed by atoms with E-state index in [0.717, 1.165) is 58.7 Å². The molecule has 1 saturated heterocycles. The number of hydrogen-bond acceptors (Lipinski definition) is 8. The van der Waals surface area contributed by atoms with Crippen LogP contribution < -0.4 is 4.90 Å². The average Bonchev–Trinajstić information content (AvgIpc) is 3.25. The van der Waals surface area contributed by atoms with Crippen LogP contribution in [0.2, 0.25) is 0 Å². The van der Waals surface area contributed by atoms with Crippen LogP contribution in [0.3, 0.4) is 0 Å². The number of carboxylic acid groups (broad SMARTS) is 2. The molecule has 4 rings (SSSR count). The minimum Gasteiger partial charge on any atom is -0.475 e. The molecule has 2 aliphatic rings. The van der Waals surface area contributed by atoms with Crippen molar-refractivity contribution >= 4 is 29.1 Å². The first-order chi connectivity index (χ1) is 17.7. The number of thiophene rings is 1. The van der Waals surface area contributed by atoms with E-state index in [4.69, 9.17) is 19.8 Å². The van der Waals surface area contributed by atoms with Crippen LogP contribution in [0, 0.1) is 0 Å². The van der Waals surface area contributed by atoms with Crippen LogP contribution in [0.15, 0.2) is 23.2 Å². The fourth-order valence-electron chi connectivity index (χ4n) is 3.65. The highest BCUT2D eigenvalue weighted by Gasteiger charge is 2.38. The summed E-state index contributed by atoms with van der Waals surface area (Å²) in [5.41, 5.74) is 4.07. The quantitative estimate of drug-likeness (QED) is 0.537. The number of likely N-dealkylation sites (N-methyl/N-ethyl adjacent to an activating group) is 1. The average molecular weight is 572 g/mol. The molecule has 212 valence electrons. The zero-order valence-corrected chi connectivity index (χ0v) is 21.1. The van der Waals surface area contributed by atoms with Gasteiger partial charge < -0.3 is 20.0 Å². The standard InChI is InChI=1S/C18H25N5S.2C2HF3O2/c1-21-7-9-23(10-8-21)18-16-2-5-22(12-15-4-11-24-13-15)6-3-17(16)19-14-20-18;2*3-2(4,5)1(6)7/h4,11,13-14H,2-3,5-10,12H2,1H3;2*(H,6,7). The largest absolute Gasteiger partial charge is 0.490 e. The number of fused-ring (bicyclic) bond motifs is 1. The van der Waals surface area contributed by atoms with Crippen molar-refractivity contribution in [2.75, 3.05) is 51.2 Å². The highest BCUT2D eigenvalue weighted by molar-refractivity contribution is 7.07. The van der Waals surface area contributed by atoms with E-state index < -0.39 is 24.3 Å². The summed E-state index contributed by atoms with van der Waals surface area (Å²) >= 11 is 1.78. The molecule has 0 bridgehead atoms. The zero-order valence-electron chi connectivity index (χ0n) is 20.3. The molecule has 2 aromatic rings. The molecule has 1 fully saturated rings. The van der Waals surface area contributed by atoms with Crippen molar-refractivity contribution in [3.8, 4) is 0 Å². The maximum atomic E-state index is 10.6. The van der Waals surface area contributed by atoms with E-state index in [-0.39, 0.29) is 0 Å². The summed E-state index contributed by atoms with van der Waals surface area (Å²) in [6, 6.07) is 2.23. The number of carbonyl (C=O) groups is 2. The van der Waals surface area contributed by atoms with E-state index in [1.54, 1.807) is 17.7 Å². The van der Waals surface area contributed by atoms with Gasteiger partial charge >= 0.3 is 24.3 Å². The Labute approximate surface area is 218 Å². The Bertz CT molecular complexity index is 1020. The lowest BCUT2D eigenvalue weighted by atomic mass is 10.1. The third-order valence-corrected chi connectivity index (χ3v) is 6.36. The number of rotatable bonds is 3. The van der Waals surface area contributed by atoms with Crippen molar-refractivity contribution in [1.29, 1.82) is 0 Å². The van der Waals surface area contributed by atoms with Crippen LogP contribution in [0.5, 0.6) is 0 Å². The van der Waals surface area contributed by atoms with E-state index in [0.29, 0.717) is 0 Å². The number of nitrogens with zero attached hydrogens (tertiary/aromatic N) is 5. The topological polar surface area (TPSA) is 110 Å². The molecule has 0 saturated carbocycles. The Kier molecular flexibility index (Phi) is 11.3. The summed E-state index contributed by atoms with van der Waals surface area (Å²) in [7, 11) is 2.19. The summed E-state index contributed by atoms with van der Waals surface area (Å²) < 4.78 is 63.5. The highest BCUT2D eigenvalue weighted by atomic mass is 32.1. The van der Waals surface area contributed by atoms with Crippen LogP contribution >= 0.6 is 11.3 Å². The Morgan fingerprint density at radius 3 is 1.97 bits per heavy atom. The number of aliphatic carboxylic acids is 2. The molecule has 4 heterocycles. The monoisotopic (exact) mass is 571 g/mol. The molecule has 2 aliphatic heterocycles. The normalized spacial score (nSPS) is 16.8. The van der Waals surface area contributed by atoms with E-state index in [2.05, 4.69) is 48.5 Å². The van der Waals surface area contributed by atoms with E-state index in [9.17, 15) is 26.3 Å². The second kappa shape index (κ2) is 13.7. The first-order valence-electron chi connectivity index (χ1n) is 11.3. The summed E-state index contributed by atoms with van der Waals surface area (Å²) in [6.45, 7) is 7.59. The summed E-state index contributed by atoms with van der Waals surface area (Å²) in [6.07, 6.45) is -6.31. The van der Waals surface area contributed by atoms with Gasteiger partial charge in [-0.3, -0.25) is 4.90 Å². The summed E-state index contributed by atoms with van der Waals surface area (Å²) in [5, 5.41) is 18.7. The van der Waals surface area contributed by atoms with Crippen molar-refractivity contribution < 1.29 is 46.1 Å². The summed E-state index contributed by atoms with van der Waals surface area (Å²) in [4.78, 5) is 34.5. The lowest BCUT2D eigenvalue weighted by Gasteiger charge is -2.34. The number of hydrogen-bond donors (Lipinski definition) is 2. The van der Waals surface area contributed by atoms with Crippen LogP contribution in [0.25, 0.3) is 0 Å². The van der Waals surface area contributed by atoms with Crippen LogP contribution in [-0.2, 0) is 29.0 Å². The second-order valence-electron chi connectivity index (χ2n) is 8.43. The molecule has 0 spiro atoms. The van der Waals surface area contributed by atoms with E-state index in [1.807, 2.05) is 0 Å². The predicted molar refractivity (Wildman–Crippen MR) is 126 cm³/mol. The molecule has 0 aliphatic carbocycles. The zero-order chi connectivity index (χ0) is 28.5. The van der Waals surface area contributed by atoms with Gasteiger partial charge in [0.25, 0.3) is 0 Å². The maximum absolute atomic E-state index is 10.6. The Balaban J connectivity index is 0.000000301. The lowest BCUT2D eigenvalue weighted by molar-refractivity contribution is -0.193.